The largest absolute Gasteiger partial charge is 0.323 e. The lowest BCUT2D eigenvalue weighted by atomic mass is 9.98. The van der Waals surface area contributed by atoms with Gasteiger partial charge in [-0.05, 0) is 35.4 Å². The Bertz CT molecular complexity index is 1590. The van der Waals surface area contributed by atoms with E-state index in [0.29, 0.717) is 16.1 Å². The maximum Gasteiger partial charge on any atom is 0.194 e. The molecule has 0 spiro atoms. The Hall–Kier alpha value is -4.40. The van der Waals surface area contributed by atoms with Crippen LogP contribution in [0, 0.1) is 0 Å². The normalized spacial score (nSPS) is 10.5. The SMILES string of the molecule is O=C(c1ccccc1)c1ccccc1Cl.c1ccc(-c2cn3ccccc3c2-c2ccccc2)cc1. The third-order valence-corrected chi connectivity index (χ3v) is 6.32. The highest BCUT2D eigenvalue weighted by Gasteiger charge is 2.13. The molecule has 0 bridgehead atoms. The molecule has 0 unspecified atom stereocenters. The lowest BCUT2D eigenvalue weighted by molar-refractivity contribution is 0.103. The second-order valence-corrected chi connectivity index (χ2v) is 8.73. The van der Waals surface area contributed by atoms with Crippen LogP contribution in [0.15, 0.2) is 146 Å². The molecule has 0 aliphatic heterocycles. The first kappa shape index (κ1) is 23.3. The predicted octanol–water partition coefficient (Wildman–Crippen LogP) is 8.84. The minimum atomic E-state index is -0.0406. The van der Waals surface area contributed by atoms with Crippen LogP contribution in [0.5, 0.6) is 0 Å². The molecule has 2 nitrogen and oxygen atoms in total. The van der Waals surface area contributed by atoms with Gasteiger partial charge in [-0.15, -0.1) is 0 Å². The number of pyridine rings is 1. The summed E-state index contributed by atoms with van der Waals surface area (Å²) >= 11 is 5.95. The number of halogens is 1. The van der Waals surface area contributed by atoms with Gasteiger partial charge < -0.3 is 4.40 Å². The summed E-state index contributed by atoms with van der Waals surface area (Å²) in [7, 11) is 0. The number of hydrogen-bond acceptors (Lipinski definition) is 1. The third kappa shape index (κ3) is 5.00. The van der Waals surface area contributed by atoms with Crippen LogP contribution in [0.25, 0.3) is 27.8 Å². The van der Waals surface area contributed by atoms with Gasteiger partial charge in [-0.1, -0.05) is 121 Å². The van der Waals surface area contributed by atoms with Gasteiger partial charge in [0.1, 0.15) is 0 Å². The monoisotopic (exact) mass is 485 g/mol. The zero-order valence-corrected chi connectivity index (χ0v) is 20.3. The quantitative estimate of drug-likeness (QED) is 0.228. The van der Waals surface area contributed by atoms with Gasteiger partial charge in [0, 0.05) is 34.6 Å². The van der Waals surface area contributed by atoms with E-state index in [-0.39, 0.29) is 5.78 Å². The zero-order valence-electron chi connectivity index (χ0n) is 19.6. The van der Waals surface area contributed by atoms with Crippen molar-refractivity contribution in [3.05, 3.63) is 162 Å². The summed E-state index contributed by atoms with van der Waals surface area (Å²) in [6, 6.07) is 43.7. The molecule has 0 fully saturated rings. The smallest absolute Gasteiger partial charge is 0.194 e. The van der Waals surface area contributed by atoms with Gasteiger partial charge in [0.2, 0.25) is 0 Å². The van der Waals surface area contributed by atoms with Crippen LogP contribution in [0.2, 0.25) is 5.02 Å². The zero-order chi connectivity index (χ0) is 24.7. The van der Waals surface area contributed by atoms with Crippen molar-refractivity contribution in [2.24, 2.45) is 0 Å². The van der Waals surface area contributed by atoms with E-state index in [0.717, 1.165) is 0 Å². The molecule has 2 aromatic heterocycles. The number of fused-ring (bicyclic) bond motifs is 1. The van der Waals surface area contributed by atoms with E-state index >= 15 is 0 Å². The molecule has 174 valence electrons. The summed E-state index contributed by atoms with van der Waals surface area (Å²) in [5.74, 6) is -0.0406. The Morgan fingerprint density at radius 1 is 0.583 bits per heavy atom. The lowest BCUT2D eigenvalue weighted by Gasteiger charge is -2.05. The van der Waals surface area contributed by atoms with Crippen molar-refractivity contribution < 1.29 is 4.79 Å². The molecule has 0 saturated carbocycles. The third-order valence-electron chi connectivity index (χ3n) is 5.99. The molecule has 0 N–H and O–H groups in total. The van der Waals surface area contributed by atoms with Crippen molar-refractivity contribution in [3.63, 3.8) is 0 Å². The van der Waals surface area contributed by atoms with Gasteiger partial charge in [-0.25, -0.2) is 0 Å². The molecule has 0 aliphatic carbocycles. The summed E-state index contributed by atoms with van der Waals surface area (Å²) in [5, 5.41) is 0.492. The fourth-order valence-electron chi connectivity index (χ4n) is 4.26. The maximum atomic E-state index is 12.0. The second kappa shape index (κ2) is 10.9. The Kier molecular flexibility index (Phi) is 7.07. The number of ketones is 1. The molecule has 0 atom stereocenters. The average molecular weight is 486 g/mol. The van der Waals surface area contributed by atoms with Crippen molar-refractivity contribution in [1.29, 1.82) is 0 Å². The number of benzene rings is 4. The number of carbonyl (C=O) groups is 1. The van der Waals surface area contributed by atoms with E-state index < -0.39 is 0 Å². The van der Waals surface area contributed by atoms with E-state index in [1.807, 2.05) is 30.3 Å². The first-order chi connectivity index (χ1) is 17.7. The van der Waals surface area contributed by atoms with Gasteiger partial charge in [0.15, 0.2) is 5.78 Å². The number of nitrogens with zero attached hydrogens (tertiary/aromatic N) is 1. The highest BCUT2D eigenvalue weighted by atomic mass is 35.5. The number of hydrogen-bond donors (Lipinski definition) is 0. The molecule has 0 aliphatic rings. The Labute approximate surface area is 216 Å². The van der Waals surface area contributed by atoms with Crippen molar-refractivity contribution >= 4 is 22.9 Å². The molecular formula is C33H24ClNO. The molecule has 0 amide bonds. The van der Waals surface area contributed by atoms with Gasteiger partial charge in [-0.2, -0.15) is 0 Å². The number of rotatable bonds is 4. The van der Waals surface area contributed by atoms with E-state index in [2.05, 4.69) is 95.7 Å². The van der Waals surface area contributed by atoms with Crippen LogP contribution in [-0.4, -0.2) is 10.2 Å². The Morgan fingerprint density at radius 2 is 1.14 bits per heavy atom. The highest BCUT2D eigenvalue weighted by Crippen LogP contribution is 2.36. The standard InChI is InChI=1S/C20H15N.C13H9ClO/c1-3-9-16(10-4-1)18-15-21-14-8-7-13-19(21)20(18)17-11-5-2-6-12-17;14-12-9-5-4-8-11(12)13(15)10-6-2-1-3-7-10/h1-15H;1-9H. The molecule has 3 heteroatoms. The lowest BCUT2D eigenvalue weighted by Crippen LogP contribution is -2.01. The summed E-state index contributed by atoms with van der Waals surface area (Å²) in [4.78, 5) is 12.0. The van der Waals surface area contributed by atoms with Crippen LogP contribution in [0.1, 0.15) is 15.9 Å². The van der Waals surface area contributed by atoms with Crippen LogP contribution < -0.4 is 0 Å². The van der Waals surface area contributed by atoms with Gasteiger partial charge in [0.05, 0.1) is 10.5 Å². The van der Waals surface area contributed by atoms with E-state index in [1.54, 1.807) is 24.3 Å². The average Bonchev–Trinajstić information content (AvgIpc) is 3.35. The molecule has 36 heavy (non-hydrogen) atoms. The minimum Gasteiger partial charge on any atom is -0.323 e. The molecule has 0 saturated heterocycles. The fraction of sp³-hybridized carbons (Fsp3) is 0. The maximum absolute atomic E-state index is 12.0. The topological polar surface area (TPSA) is 21.5 Å². The molecule has 2 heterocycles. The van der Waals surface area contributed by atoms with Crippen molar-refractivity contribution in [2.45, 2.75) is 0 Å². The van der Waals surface area contributed by atoms with Crippen LogP contribution in [0.4, 0.5) is 0 Å². The molecule has 4 aromatic carbocycles. The van der Waals surface area contributed by atoms with Crippen LogP contribution in [-0.2, 0) is 0 Å². The van der Waals surface area contributed by atoms with Crippen LogP contribution in [0.3, 0.4) is 0 Å². The summed E-state index contributed by atoms with van der Waals surface area (Å²) in [6.45, 7) is 0. The Morgan fingerprint density at radius 3 is 1.81 bits per heavy atom. The molecule has 0 radical (unpaired) electrons. The molecule has 6 aromatic rings. The van der Waals surface area contributed by atoms with E-state index in [4.69, 9.17) is 11.6 Å². The van der Waals surface area contributed by atoms with Gasteiger partial charge in [-0.3, -0.25) is 4.79 Å². The Balaban J connectivity index is 0.000000157. The van der Waals surface area contributed by atoms with Crippen molar-refractivity contribution in [1.82, 2.24) is 4.40 Å². The minimum absolute atomic E-state index is 0.0406. The number of carbonyl (C=O) groups excluding carboxylic acids is 1. The summed E-state index contributed by atoms with van der Waals surface area (Å²) < 4.78 is 2.20. The molecule has 6 rings (SSSR count). The highest BCUT2D eigenvalue weighted by molar-refractivity contribution is 6.34. The summed E-state index contributed by atoms with van der Waals surface area (Å²) in [5.41, 5.74) is 7.51. The van der Waals surface area contributed by atoms with Gasteiger partial charge in [0.25, 0.3) is 0 Å². The van der Waals surface area contributed by atoms with E-state index in [1.165, 1.54) is 27.8 Å². The van der Waals surface area contributed by atoms with Crippen molar-refractivity contribution in [2.75, 3.05) is 0 Å². The number of aromatic nitrogens is 1. The summed E-state index contributed by atoms with van der Waals surface area (Å²) in [6.07, 6.45) is 4.32. The first-order valence-corrected chi connectivity index (χ1v) is 12.1. The van der Waals surface area contributed by atoms with Crippen molar-refractivity contribution in [3.8, 4) is 22.3 Å². The fourth-order valence-corrected chi connectivity index (χ4v) is 4.48. The predicted molar refractivity (Wildman–Crippen MR) is 150 cm³/mol. The van der Waals surface area contributed by atoms with E-state index in [9.17, 15) is 4.79 Å². The first-order valence-electron chi connectivity index (χ1n) is 11.8. The molecular weight excluding hydrogens is 462 g/mol. The van der Waals surface area contributed by atoms with Crippen LogP contribution >= 0.6 is 11.6 Å². The van der Waals surface area contributed by atoms with Gasteiger partial charge >= 0.3 is 0 Å². The second-order valence-electron chi connectivity index (χ2n) is 8.32.